The van der Waals surface area contributed by atoms with Gasteiger partial charge in [0.05, 0.1) is 6.42 Å². The molecule has 0 aliphatic heterocycles. The lowest BCUT2D eigenvalue weighted by molar-refractivity contribution is -0.115. The van der Waals surface area contributed by atoms with Crippen LogP contribution in [0.15, 0.2) is 47.4 Å². The third kappa shape index (κ3) is 4.38. The number of rotatable bonds is 5. The van der Waals surface area contributed by atoms with Crippen molar-refractivity contribution < 1.29 is 4.79 Å². The van der Waals surface area contributed by atoms with Gasteiger partial charge in [-0.05, 0) is 42.5 Å². The maximum Gasteiger partial charge on any atom is 0.229 e. The predicted octanol–water partition coefficient (Wildman–Crippen LogP) is 3.68. The van der Waals surface area contributed by atoms with Gasteiger partial charge in [-0.1, -0.05) is 25.1 Å². The van der Waals surface area contributed by atoms with Crippen molar-refractivity contribution in [1.82, 2.24) is 4.98 Å². The van der Waals surface area contributed by atoms with Crippen molar-refractivity contribution in [2.75, 3.05) is 11.1 Å². The molecule has 1 heterocycles. The molecule has 20 heavy (non-hydrogen) atoms. The lowest BCUT2D eigenvalue weighted by atomic mass is 10.1. The summed E-state index contributed by atoms with van der Waals surface area (Å²) in [7, 11) is 0. The molecule has 0 aliphatic rings. The van der Waals surface area contributed by atoms with Crippen LogP contribution in [0.25, 0.3) is 0 Å². The number of aryl methyl sites for hydroxylation is 1. The Bertz CT molecular complexity index is 581. The lowest BCUT2D eigenvalue weighted by Crippen LogP contribution is -2.15. The highest BCUT2D eigenvalue weighted by Crippen LogP contribution is 2.18. The van der Waals surface area contributed by atoms with Gasteiger partial charge in [0.15, 0.2) is 0 Å². The average Bonchev–Trinajstić information content (AvgIpc) is 2.41. The second-order valence-corrected chi connectivity index (χ2v) is 5.80. The first kappa shape index (κ1) is 14.6. The highest BCUT2D eigenvalue weighted by atomic mass is 32.2. The normalized spacial score (nSPS) is 10.3. The summed E-state index contributed by atoms with van der Waals surface area (Å²) >= 11 is 1.80. The molecular weight excluding hydrogens is 268 g/mol. The van der Waals surface area contributed by atoms with E-state index in [4.69, 9.17) is 0 Å². The summed E-state index contributed by atoms with van der Waals surface area (Å²) in [5.41, 5.74) is 1.90. The number of benzene rings is 1. The topological polar surface area (TPSA) is 42.0 Å². The van der Waals surface area contributed by atoms with Crippen LogP contribution >= 0.6 is 11.8 Å². The van der Waals surface area contributed by atoms with Crippen LogP contribution in [0, 0.1) is 6.92 Å². The number of aromatic nitrogens is 1. The van der Waals surface area contributed by atoms with Gasteiger partial charge in [-0.25, -0.2) is 4.98 Å². The van der Waals surface area contributed by atoms with E-state index in [-0.39, 0.29) is 5.91 Å². The van der Waals surface area contributed by atoms with Gasteiger partial charge in [0, 0.05) is 10.6 Å². The molecule has 4 heteroatoms. The molecule has 0 radical (unpaired) electrons. The molecule has 0 saturated carbocycles. The largest absolute Gasteiger partial charge is 0.310 e. The Morgan fingerprint density at radius 2 is 1.95 bits per heavy atom. The Morgan fingerprint density at radius 3 is 2.60 bits per heavy atom. The molecule has 1 aromatic carbocycles. The van der Waals surface area contributed by atoms with E-state index in [1.165, 1.54) is 4.90 Å². The zero-order valence-electron chi connectivity index (χ0n) is 11.7. The number of thioether (sulfide) groups is 1. The van der Waals surface area contributed by atoms with Gasteiger partial charge >= 0.3 is 0 Å². The first-order valence-corrected chi connectivity index (χ1v) is 7.61. The molecule has 0 atom stereocenters. The minimum Gasteiger partial charge on any atom is -0.310 e. The van der Waals surface area contributed by atoms with Crippen molar-refractivity contribution in [3.05, 3.63) is 53.7 Å². The third-order valence-corrected chi connectivity index (χ3v) is 3.65. The molecule has 0 spiro atoms. The average molecular weight is 286 g/mol. The predicted molar refractivity (Wildman–Crippen MR) is 84.1 cm³/mol. The summed E-state index contributed by atoms with van der Waals surface area (Å²) in [5, 5.41) is 2.82. The van der Waals surface area contributed by atoms with Crippen LogP contribution < -0.4 is 5.32 Å². The molecule has 3 nitrogen and oxygen atoms in total. The van der Waals surface area contributed by atoms with Gasteiger partial charge in [0.25, 0.3) is 0 Å². The molecule has 104 valence electrons. The zero-order chi connectivity index (χ0) is 14.4. The molecule has 0 saturated heterocycles. The van der Waals surface area contributed by atoms with E-state index in [1.807, 2.05) is 31.2 Å². The van der Waals surface area contributed by atoms with E-state index in [0.29, 0.717) is 12.2 Å². The second-order valence-electron chi connectivity index (χ2n) is 4.47. The molecule has 1 amide bonds. The van der Waals surface area contributed by atoms with Crippen LogP contribution in [0.2, 0.25) is 0 Å². The van der Waals surface area contributed by atoms with Gasteiger partial charge < -0.3 is 5.32 Å². The van der Waals surface area contributed by atoms with E-state index < -0.39 is 0 Å². The Hall–Kier alpha value is -1.81. The fraction of sp³-hybridized carbons (Fsp3) is 0.250. The number of hydrogen-bond donors (Lipinski definition) is 1. The third-order valence-electron chi connectivity index (χ3n) is 2.75. The van der Waals surface area contributed by atoms with Gasteiger partial charge in [-0.15, -0.1) is 11.8 Å². The van der Waals surface area contributed by atoms with Crippen molar-refractivity contribution in [3.8, 4) is 0 Å². The van der Waals surface area contributed by atoms with Crippen LogP contribution in [-0.4, -0.2) is 16.6 Å². The van der Waals surface area contributed by atoms with Crippen LogP contribution in [0.1, 0.15) is 18.2 Å². The minimum atomic E-state index is -0.0426. The van der Waals surface area contributed by atoms with Gasteiger partial charge in [0.2, 0.25) is 5.91 Å². The van der Waals surface area contributed by atoms with Crippen molar-refractivity contribution in [2.24, 2.45) is 0 Å². The van der Waals surface area contributed by atoms with Crippen LogP contribution in [0.5, 0.6) is 0 Å². The van der Waals surface area contributed by atoms with Crippen molar-refractivity contribution >= 4 is 23.5 Å². The van der Waals surface area contributed by atoms with Crippen LogP contribution in [-0.2, 0) is 11.2 Å². The summed E-state index contributed by atoms with van der Waals surface area (Å²) < 4.78 is 0. The fourth-order valence-electron chi connectivity index (χ4n) is 1.86. The number of anilines is 1. The smallest absolute Gasteiger partial charge is 0.229 e. The monoisotopic (exact) mass is 286 g/mol. The maximum absolute atomic E-state index is 11.9. The number of nitrogens with one attached hydrogen (secondary N) is 1. The van der Waals surface area contributed by atoms with Crippen LogP contribution in [0.4, 0.5) is 5.82 Å². The van der Waals surface area contributed by atoms with Crippen molar-refractivity contribution in [3.63, 3.8) is 0 Å². The SMILES string of the molecule is CCSc1ccc(CC(=O)Nc2cccc(C)n2)cc1. The molecular formula is C16H18N2OS. The molecule has 0 fully saturated rings. The summed E-state index contributed by atoms with van der Waals surface area (Å²) in [6.45, 7) is 4.03. The van der Waals surface area contributed by atoms with Gasteiger partial charge in [-0.3, -0.25) is 4.79 Å². The summed E-state index contributed by atoms with van der Waals surface area (Å²) in [6.07, 6.45) is 0.368. The van der Waals surface area contributed by atoms with E-state index >= 15 is 0 Å². The maximum atomic E-state index is 11.9. The lowest BCUT2D eigenvalue weighted by Gasteiger charge is -2.06. The molecule has 2 rings (SSSR count). The number of carbonyl (C=O) groups excluding carboxylic acids is 1. The molecule has 1 aromatic heterocycles. The Labute approximate surface area is 123 Å². The molecule has 0 aliphatic carbocycles. The van der Waals surface area contributed by atoms with Gasteiger partial charge in [-0.2, -0.15) is 0 Å². The number of carbonyl (C=O) groups is 1. The highest BCUT2D eigenvalue weighted by molar-refractivity contribution is 7.99. The minimum absolute atomic E-state index is 0.0426. The van der Waals surface area contributed by atoms with E-state index in [1.54, 1.807) is 17.8 Å². The first-order chi connectivity index (χ1) is 9.67. The standard InChI is InChI=1S/C16H18N2OS/c1-3-20-14-9-7-13(8-10-14)11-16(19)18-15-6-4-5-12(2)17-15/h4-10H,3,11H2,1-2H3,(H,17,18,19). The fourth-order valence-corrected chi connectivity index (χ4v) is 2.52. The zero-order valence-corrected chi connectivity index (χ0v) is 12.5. The Kier molecular flexibility index (Phi) is 5.18. The van der Waals surface area contributed by atoms with Gasteiger partial charge in [0.1, 0.15) is 5.82 Å². The molecule has 0 unspecified atom stereocenters. The first-order valence-electron chi connectivity index (χ1n) is 6.62. The Balaban J connectivity index is 1.94. The van der Waals surface area contributed by atoms with Crippen molar-refractivity contribution in [1.29, 1.82) is 0 Å². The van der Waals surface area contributed by atoms with Crippen LogP contribution in [0.3, 0.4) is 0 Å². The quantitative estimate of drug-likeness (QED) is 0.852. The Morgan fingerprint density at radius 1 is 1.20 bits per heavy atom. The number of amides is 1. The van der Waals surface area contributed by atoms with E-state index in [9.17, 15) is 4.79 Å². The highest BCUT2D eigenvalue weighted by Gasteiger charge is 2.05. The molecule has 0 bridgehead atoms. The number of hydrogen-bond acceptors (Lipinski definition) is 3. The summed E-state index contributed by atoms with van der Waals surface area (Å²) in [6, 6.07) is 13.7. The van der Waals surface area contributed by atoms with Crippen molar-refractivity contribution in [2.45, 2.75) is 25.2 Å². The van der Waals surface area contributed by atoms with E-state index in [0.717, 1.165) is 17.0 Å². The molecule has 1 N–H and O–H groups in total. The summed E-state index contributed by atoms with van der Waals surface area (Å²) in [4.78, 5) is 17.4. The summed E-state index contributed by atoms with van der Waals surface area (Å²) in [5.74, 6) is 1.62. The van der Waals surface area contributed by atoms with E-state index in [2.05, 4.69) is 29.4 Å². The number of nitrogens with zero attached hydrogens (tertiary/aromatic N) is 1. The number of pyridine rings is 1. The molecule has 2 aromatic rings. The second kappa shape index (κ2) is 7.10.